The van der Waals surface area contributed by atoms with Crippen molar-refractivity contribution in [3.63, 3.8) is 0 Å². The highest BCUT2D eigenvalue weighted by atomic mass is 19.1. The maximum atomic E-state index is 13.9. The molecule has 1 fully saturated rings. The number of halogens is 1. The summed E-state index contributed by atoms with van der Waals surface area (Å²) in [6, 6.07) is 1.38. The molecule has 5 nitrogen and oxygen atoms in total. The molecule has 98 valence electrons. The molecule has 0 aliphatic carbocycles. The Morgan fingerprint density at radius 1 is 1.68 bits per heavy atom. The fourth-order valence-electron chi connectivity index (χ4n) is 2.43. The molecule has 3 heterocycles. The number of fused-ring (bicyclic) bond motifs is 1. The van der Waals surface area contributed by atoms with E-state index in [9.17, 15) is 4.39 Å². The molecule has 0 saturated carbocycles. The lowest BCUT2D eigenvalue weighted by molar-refractivity contribution is 0.00766. The van der Waals surface area contributed by atoms with Gasteiger partial charge in [-0.3, -0.25) is 0 Å². The van der Waals surface area contributed by atoms with Crippen molar-refractivity contribution in [2.45, 2.75) is 31.5 Å². The van der Waals surface area contributed by atoms with Crippen molar-refractivity contribution in [2.75, 3.05) is 5.73 Å². The van der Waals surface area contributed by atoms with Gasteiger partial charge in [0.05, 0.1) is 5.69 Å². The largest absolute Gasteiger partial charge is 0.382 e. The molecule has 0 bridgehead atoms. The first-order valence-corrected chi connectivity index (χ1v) is 5.97. The summed E-state index contributed by atoms with van der Waals surface area (Å²) < 4.78 is 21.2. The quantitative estimate of drug-likeness (QED) is 0.792. The summed E-state index contributed by atoms with van der Waals surface area (Å²) in [5.74, 6) is 2.28. The van der Waals surface area contributed by atoms with Gasteiger partial charge in [0.15, 0.2) is 11.6 Å². The normalized spacial score (nSPS) is 26.7. The van der Waals surface area contributed by atoms with Crippen molar-refractivity contribution in [3.8, 4) is 12.3 Å². The molecule has 2 atom stereocenters. The number of hydrogen-bond acceptors (Lipinski definition) is 4. The zero-order valence-corrected chi connectivity index (χ0v) is 10.4. The van der Waals surface area contributed by atoms with E-state index in [4.69, 9.17) is 16.9 Å². The van der Waals surface area contributed by atoms with Crippen LogP contribution in [0.5, 0.6) is 0 Å². The SMILES string of the molecule is C#CC1(C)CCC(c2cc(F)c3c(N)ncnn23)O1. The maximum absolute atomic E-state index is 13.9. The second kappa shape index (κ2) is 3.93. The van der Waals surface area contributed by atoms with Crippen molar-refractivity contribution in [1.29, 1.82) is 0 Å². The first kappa shape index (κ1) is 11.9. The van der Waals surface area contributed by atoms with Crippen LogP contribution in [0, 0.1) is 18.2 Å². The van der Waals surface area contributed by atoms with Crippen LogP contribution in [0.2, 0.25) is 0 Å². The number of rotatable bonds is 1. The van der Waals surface area contributed by atoms with Crippen molar-refractivity contribution in [2.24, 2.45) is 0 Å². The van der Waals surface area contributed by atoms with Crippen LogP contribution in [0.3, 0.4) is 0 Å². The van der Waals surface area contributed by atoms with Crippen LogP contribution in [-0.2, 0) is 4.74 Å². The lowest BCUT2D eigenvalue weighted by atomic mass is 10.0. The third-order valence-corrected chi connectivity index (χ3v) is 3.48. The second-order valence-corrected chi connectivity index (χ2v) is 4.84. The number of anilines is 1. The molecule has 0 spiro atoms. The van der Waals surface area contributed by atoms with E-state index in [1.807, 2.05) is 6.92 Å². The summed E-state index contributed by atoms with van der Waals surface area (Å²) in [4.78, 5) is 3.79. The smallest absolute Gasteiger partial charge is 0.154 e. The molecule has 2 unspecified atom stereocenters. The van der Waals surface area contributed by atoms with Crippen LogP contribution in [0.25, 0.3) is 5.52 Å². The second-order valence-electron chi connectivity index (χ2n) is 4.84. The predicted octanol–water partition coefficient (Wildman–Crippen LogP) is 1.69. The molecule has 1 aliphatic heterocycles. The molecule has 19 heavy (non-hydrogen) atoms. The molecule has 0 radical (unpaired) electrons. The van der Waals surface area contributed by atoms with Gasteiger partial charge < -0.3 is 10.5 Å². The van der Waals surface area contributed by atoms with E-state index in [-0.39, 0.29) is 17.4 Å². The topological polar surface area (TPSA) is 65.4 Å². The van der Waals surface area contributed by atoms with Crippen molar-refractivity contribution in [3.05, 3.63) is 23.9 Å². The fraction of sp³-hybridized carbons (Fsp3) is 0.385. The van der Waals surface area contributed by atoms with Crippen LogP contribution in [0.1, 0.15) is 31.6 Å². The van der Waals surface area contributed by atoms with Gasteiger partial charge in [0, 0.05) is 6.07 Å². The number of nitrogens with two attached hydrogens (primary N) is 1. The van der Waals surface area contributed by atoms with E-state index >= 15 is 0 Å². The number of ether oxygens (including phenoxy) is 1. The van der Waals surface area contributed by atoms with E-state index in [1.54, 1.807) is 0 Å². The third kappa shape index (κ3) is 1.74. The Hall–Kier alpha value is -2.13. The number of nitrogen functional groups attached to an aromatic ring is 1. The minimum atomic E-state index is -0.607. The first-order chi connectivity index (χ1) is 9.04. The van der Waals surface area contributed by atoms with E-state index in [1.165, 1.54) is 16.9 Å². The van der Waals surface area contributed by atoms with Crippen molar-refractivity contribution in [1.82, 2.24) is 14.6 Å². The number of aromatic nitrogens is 3. The summed E-state index contributed by atoms with van der Waals surface area (Å²) in [5.41, 5.74) is 5.84. The Kier molecular flexibility index (Phi) is 2.47. The van der Waals surface area contributed by atoms with Crippen LogP contribution in [0.4, 0.5) is 10.2 Å². The van der Waals surface area contributed by atoms with Crippen LogP contribution < -0.4 is 5.73 Å². The highest BCUT2D eigenvalue weighted by molar-refractivity contribution is 5.66. The van der Waals surface area contributed by atoms with Crippen LogP contribution in [-0.4, -0.2) is 20.2 Å². The van der Waals surface area contributed by atoms with Crippen LogP contribution >= 0.6 is 0 Å². The summed E-state index contributed by atoms with van der Waals surface area (Å²) in [7, 11) is 0. The van der Waals surface area contributed by atoms with Gasteiger partial charge in [-0.2, -0.15) is 5.10 Å². The molecule has 1 saturated heterocycles. The van der Waals surface area contributed by atoms with Gasteiger partial charge in [0.2, 0.25) is 0 Å². The Morgan fingerprint density at radius 2 is 2.47 bits per heavy atom. The van der Waals surface area contributed by atoms with Gasteiger partial charge >= 0.3 is 0 Å². The van der Waals surface area contributed by atoms with Crippen molar-refractivity contribution >= 4 is 11.3 Å². The Bertz CT molecular complexity index is 690. The van der Waals surface area contributed by atoms with Gasteiger partial charge in [0.1, 0.15) is 23.5 Å². The Labute approximate surface area is 109 Å². The minimum Gasteiger partial charge on any atom is -0.382 e. The minimum absolute atomic E-state index is 0.108. The lowest BCUT2D eigenvalue weighted by Crippen LogP contribution is -2.20. The fourth-order valence-corrected chi connectivity index (χ4v) is 2.43. The molecule has 1 aliphatic rings. The van der Waals surface area contributed by atoms with Gasteiger partial charge in [-0.25, -0.2) is 13.9 Å². The third-order valence-electron chi connectivity index (χ3n) is 3.48. The zero-order chi connectivity index (χ0) is 13.6. The molecule has 0 amide bonds. The van der Waals surface area contributed by atoms with Gasteiger partial charge in [-0.1, -0.05) is 5.92 Å². The first-order valence-electron chi connectivity index (χ1n) is 5.97. The Morgan fingerprint density at radius 3 is 3.16 bits per heavy atom. The van der Waals surface area contributed by atoms with E-state index < -0.39 is 11.4 Å². The molecular weight excluding hydrogens is 247 g/mol. The lowest BCUT2D eigenvalue weighted by Gasteiger charge is -2.18. The van der Waals surface area contributed by atoms with Gasteiger partial charge in [0.25, 0.3) is 0 Å². The number of hydrogen-bond donors (Lipinski definition) is 1. The molecule has 2 aromatic heterocycles. The average Bonchev–Trinajstić information content (AvgIpc) is 2.93. The molecule has 3 rings (SSSR count). The van der Waals surface area contributed by atoms with E-state index in [2.05, 4.69) is 16.0 Å². The highest BCUT2D eigenvalue weighted by Gasteiger charge is 2.37. The van der Waals surface area contributed by atoms with Gasteiger partial charge in [-0.05, 0) is 19.8 Å². The standard InChI is InChI=1S/C13H13FN4O/c1-3-13(2)5-4-10(19-13)9-6-8(14)11-12(15)16-7-17-18(9)11/h1,6-7,10H,4-5H2,2H3,(H2,15,16,17). The van der Waals surface area contributed by atoms with Gasteiger partial charge in [-0.15, -0.1) is 6.42 Å². The monoisotopic (exact) mass is 260 g/mol. The maximum Gasteiger partial charge on any atom is 0.154 e. The number of nitrogens with zero attached hydrogens (tertiary/aromatic N) is 3. The average molecular weight is 260 g/mol. The molecule has 2 aromatic rings. The molecule has 6 heteroatoms. The summed E-state index contributed by atoms with van der Waals surface area (Å²) in [6.45, 7) is 1.85. The van der Waals surface area contributed by atoms with Crippen LogP contribution in [0.15, 0.2) is 12.4 Å². The zero-order valence-electron chi connectivity index (χ0n) is 10.4. The summed E-state index contributed by atoms with van der Waals surface area (Å²) >= 11 is 0. The molecule has 2 N–H and O–H groups in total. The highest BCUT2D eigenvalue weighted by Crippen LogP contribution is 2.39. The summed E-state index contributed by atoms with van der Waals surface area (Å²) in [5, 5.41) is 4.03. The van der Waals surface area contributed by atoms with E-state index in [0.717, 1.165) is 12.8 Å². The number of terminal acetylenes is 1. The predicted molar refractivity (Wildman–Crippen MR) is 67.7 cm³/mol. The summed E-state index contributed by atoms with van der Waals surface area (Å²) in [6.07, 6.45) is 7.90. The molecular formula is C13H13FN4O. The molecule has 0 aromatic carbocycles. The van der Waals surface area contributed by atoms with Crippen molar-refractivity contribution < 1.29 is 9.13 Å². The van der Waals surface area contributed by atoms with E-state index in [0.29, 0.717) is 5.69 Å². The Balaban J connectivity index is 2.09.